The first kappa shape index (κ1) is 8.06. The molecule has 0 atom stereocenters. The topological polar surface area (TPSA) is 77.6 Å². The third-order valence-electron chi connectivity index (χ3n) is 1.45. The summed E-state index contributed by atoms with van der Waals surface area (Å²) in [6, 6.07) is 1.76. The quantitative estimate of drug-likeness (QED) is 0.727. The van der Waals surface area contributed by atoms with Crippen molar-refractivity contribution in [2.45, 2.75) is 6.92 Å². The maximum atomic E-state index is 5.46. The van der Waals surface area contributed by atoms with E-state index in [2.05, 4.69) is 19.3 Å². The summed E-state index contributed by atoms with van der Waals surface area (Å²) in [6.45, 7) is 1.82. The van der Waals surface area contributed by atoms with Gasteiger partial charge in [-0.25, -0.2) is 9.97 Å². The van der Waals surface area contributed by atoms with Gasteiger partial charge in [0.25, 0.3) is 0 Å². The fourth-order valence-corrected chi connectivity index (χ4v) is 1.36. The first-order chi connectivity index (χ1) is 6.25. The van der Waals surface area contributed by atoms with Gasteiger partial charge >= 0.3 is 0 Å². The van der Waals surface area contributed by atoms with Crippen molar-refractivity contribution in [2.24, 2.45) is 0 Å². The Morgan fingerprint density at radius 1 is 1.38 bits per heavy atom. The molecule has 0 fully saturated rings. The molecule has 2 N–H and O–H groups in total. The van der Waals surface area contributed by atoms with Crippen molar-refractivity contribution in [1.29, 1.82) is 0 Å². The van der Waals surface area contributed by atoms with Gasteiger partial charge in [0, 0.05) is 17.7 Å². The maximum absolute atomic E-state index is 5.46. The van der Waals surface area contributed by atoms with Crippen molar-refractivity contribution in [3.05, 3.63) is 18.1 Å². The van der Waals surface area contributed by atoms with Gasteiger partial charge in [-0.2, -0.15) is 9.36 Å². The first-order valence-electron chi connectivity index (χ1n) is 3.65. The van der Waals surface area contributed by atoms with Crippen molar-refractivity contribution in [3.63, 3.8) is 0 Å². The maximum Gasteiger partial charge on any atom is 0.200 e. The van der Waals surface area contributed by atoms with E-state index in [-0.39, 0.29) is 0 Å². The van der Waals surface area contributed by atoms with Gasteiger partial charge in [0.2, 0.25) is 0 Å². The van der Waals surface area contributed by atoms with Crippen LogP contribution >= 0.6 is 11.5 Å². The normalized spacial score (nSPS) is 10.2. The average Bonchev–Trinajstić information content (AvgIpc) is 2.52. The van der Waals surface area contributed by atoms with Crippen LogP contribution in [-0.4, -0.2) is 19.3 Å². The zero-order valence-electron chi connectivity index (χ0n) is 6.93. The number of aromatic nitrogens is 4. The molecule has 5 nitrogen and oxygen atoms in total. The summed E-state index contributed by atoms with van der Waals surface area (Å²) in [5, 5.41) is 0.450. The highest BCUT2D eigenvalue weighted by Gasteiger charge is 2.05. The molecule has 6 heteroatoms. The van der Waals surface area contributed by atoms with Crippen LogP contribution in [0.3, 0.4) is 0 Å². The van der Waals surface area contributed by atoms with Gasteiger partial charge in [-0.05, 0) is 13.0 Å². The third kappa shape index (κ3) is 1.62. The van der Waals surface area contributed by atoms with Gasteiger partial charge in [0.1, 0.15) is 11.5 Å². The highest BCUT2D eigenvalue weighted by atomic mass is 32.1. The molecule has 0 aliphatic carbocycles. The highest BCUT2D eigenvalue weighted by Crippen LogP contribution is 2.16. The Morgan fingerprint density at radius 2 is 2.23 bits per heavy atom. The molecule has 0 saturated carbocycles. The minimum atomic E-state index is 0.450. The SMILES string of the molecule is Cc1nccc(-c2nsc(N)n2)n1. The highest BCUT2D eigenvalue weighted by molar-refractivity contribution is 7.09. The molecule has 66 valence electrons. The Balaban J connectivity index is 2.46. The molecule has 0 aromatic carbocycles. The van der Waals surface area contributed by atoms with E-state index in [0.29, 0.717) is 22.5 Å². The molecule has 2 heterocycles. The van der Waals surface area contributed by atoms with Crippen molar-refractivity contribution in [3.8, 4) is 11.5 Å². The van der Waals surface area contributed by atoms with Crippen LogP contribution in [0.15, 0.2) is 12.3 Å². The monoisotopic (exact) mass is 193 g/mol. The molecule has 0 amide bonds. The van der Waals surface area contributed by atoms with Crippen LogP contribution in [0.5, 0.6) is 0 Å². The standard InChI is InChI=1S/C7H7N5S/c1-4-9-3-2-5(10-4)6-11-7(8)13-12-6/h2-3H,1H3,(H2,8,11,12). The van der Waals surface area contributed by atoms with E-state index in [1.807, 2.05) is 6.92 Å². The average molecular weight is 193 g/mol. The summed E-state index contributed by atoms with van der Waals surface area (Å²) >= 11 is 1.16. The molecule has 13 heavy (non-hydrogen) atoms. The molecule has 2 aromatic heterocycles. The fraction of sp³-hybridized carbons (Fsp3) is 0.143. The van der Waals surface area contributed by atoms with Crippen LogP contribution in [0.4, 0.5) is 5.13 Å². The van der Waals surface area contributed by atoms with Gasteiger partial charge in [0.05, 0.1) is 0 Å². The molecular formula is C7H7N5S. The second-order valence-electron chi connectivity index (χ2n) is 2.45. The van der Waals surface area contributed by atoms with E-state index < -0.39 is 0 Å². The predicted octanol–water partition coefficient (Wildman–Crippen LogP) is 0.886. The van der Waals surface area contributed by atoms with E-state index in [9.17, 15) is 0 Å². The molecular weight excluding hydrogens is 186 g/mol. The summed E-state index contributed by atoms with van der Waals surface area (Å²) in [5.74, 6) is 1.26. The van der Waals surface area contributed by atoms with E-state index >= 15 is 0 Å². The van der Waals surface area contributed by atoms with E-state index in [0.717, 1.165) is 11.5 Å². The Bertz CT molecular complexity index is 424. The van der Waals surface area contributed by atoms with Crippen molar-refractivity contribution >= 4 is 16.7 Å². The first-order valence-corrected chi connectivity index (χ1v) is 4.42. The van der Waals surface area contributed by atoms with Crippen LogP contribution in [0.2, 0.25) is 0 Å². The van der Waals surface area contributed by atoms with Crippen molar-refractivity contribution < 1.29 is 0 Å². The molecule has 2 aromatic rings. The minimum absolute atomic E-state index is 0.450. The van der Waals surface area contributed by atoms with Gasteiger partial charge in [-0.1, -0.05) is 0 Å². The predicted molar refractivity (Wildman–Crippen MR) is 50.1 cm³/mol. The number of aryl methyl sites for hydroxylation is 1. The van der Waals surface area contributed by atoms with Gasteiger partial charge in [0.15, 0.2) is 11.0 Å². The van der Waals surface area contributed by atoms with Crippen LogP contribution in [0, 0.1) is 6.92 Å². The smallest absolute Gasteiger partial charge is 0.200 e. The second kappa shape index (κ2) is 3.06. The van der Waals surface area contributed by atoms with Gasteiger partial charge in [-0.15, -0.1) is 0 Å². The number of hydrogen-bond acceptors (Lipinski definition) is 6. The zero-order valence-corrected chi connectivity index (χ0v) is 7.75. The van der Waals surface area contributed by atoms with Gasteiger partial charge in [-0.3, -0.25) is 0 Å². The molecule has 0 radical (unpaired) electrons. The fourth-order valence-electron chi connectivity index (χ4n) is 0.920. The van der Waals surface area contributed by atoms with E-state index in [1.165, 1.54) is 0 Å². The summed E-state index contributed by atoms with van der Waals surface area (Å²) in [5.41, 5.74) is 6.16. The van der Waals surface area contributed by atoms with Crippen LogP contribution in [0.1, 0.15) is 5.82 Å². The molecule has 0 aliphatic heterocycles. The molecule has 0 unspecified atom stereocenters. The third-order valence-corrected chi connectivity index (χ3v) is 1.99. The van der Waals surface area contributed by atoms with Crippen molar-refractivity contribution in [1.82, 2.24) is 19.3 Å². The largest absolute Gasteiger partial charge is 0.374 e. The molecule has 0 bridgehead atoms. The number of rotatable bonds is 1. The molecule has 0 spiro atoms. The lowest BCUT2D eigenvalue weighted by molar-refractivity contribution is 1.05. The number of nitrogen functional groups attached to an aromatic ring is 1. The van der Waals surface area contributed by atoms with Crippen LogP contribution in [0.25, 0.3) is 11.5 Å². The summed E-state index contributed by atoms with van der Waals surface area (Å²) < 4.78 is 4.04. The van der Waals surface area contributed by atoms with Crippen LogP contribution in [-0.2, 0) is 0 Å². The number of anilines is 1. The minimum Gasteiger partial charge on any atom is -0.374 e. The molecule has 2 rings (SSSR count). The lowest BCUT2D eigenvalue weighted by Crippen LogP contribution is -1.91. The lowest BCUT2D eigenvalue weighted by atomic mass is 10.4. The Morgan fingerprint density at radius 3 is 2.85 bits per heavy atom. The second-order valence-corrected chi connectivity index (χ2v) is 3.23. The number of nitrogens with zero attached hydrogens (tertiary/aromatic N) is 4. The summed E-state index contributed by atoms with van der Waals surface area (Å²) in [4.78, 5) is 12.2. The zero-order chi connectivity index (χ0) is 9.26. The molecule has 0 aliphatic rings. The molecule has 0 saturated heterocycles. The van der Waals surface area contributed by atoms with Crippen molar-refractivity contribution in [2.75, 3.05) is 5.73 Å². The van der Waals surface area contributed by atoms with E-state index in [4.69, 9.17) is 5.73 Å². The van der Waals surface area contributed by atoms with E-state index in [1.54, 1.807) is 12.3 Å². The van der Waals surface area contributed by atoms with Gasteiger partial charge < -0.3 is 5.73 Å². The summed E-state index contributed by atoms with van der Waals surface area (Å²) in [6.07, 6.45) is 1.68. The van der Waals surface area contributed by atoms with Crippen LogP contribution < -0.4 is 5.73 Å². The Labute approximate surface area is 78.9 Å². The summed E-state index contributed by atoms with van der Waals surface area (Å²) in [7, 11) is 0. The Hall–Kier alpha value is -1.56. The number of hydrogen-bond donors (Lipinski definition) is 1. The lowest BCUT2D eigenvalue weighted by Gasteiger charge is -1.93. The number of nitrogens with two attached hydrogens (primary N) is 1. The Kier molecular flexibility index (Phi) is 1.90.